The summed E-state index contributed by atoms with van der Waals surface area (Å²) in [7, 11) is 0. The quantitative estimate of drug-likeness (QED) is 0.795. The highest BCUT2D eigenvalue weighted by Gasteiger charge is 2.23. The van der Waals surface area contributed by atoms with Crippen LogP contribution in [0.1, 0.15) is 19.8 Å². The van der Waals surface area contributed by atoms with Crippen molar-refractivity contribution in [3.05, 3.63) is 0 Å². The Morgan fingerprint density at radius 3 is 2.88 bits per heavy atom. The lowest BCUT2D eigenvalue weighted by Crippen LogP contribution is -2.47. The van der Waals surface area contributed by atoms with Crippen LogP contribution in [-0.2, 0) is 9.53 Å². The van der Waals surface area contributed by atoms with E-state index in [9.17, 15) is 4.79 Å². The topological polar surface area (TPSA) is 41.6 Å². The van der Waals surface area contributed by atoms with E-state index >= 15 is 0 Å². The molecule has 1 saturated carbocycles. The van der Waals surface area contributed by atoms with E-state index in [1.165, 1.54) is 12.8 Å². The zero-order valence-electron chi connectivity index (χ0n) is 9.78. The van der Waals surface area contributed by atoms with Gasteiger partial charge in [0.25, 0.3) is 0 Å². The molecule has 0 radical (unpaired) electrons. The first-order chi connectivity index (χ1) is 7.25. The van der Waals surface area contributed by atoms with Gasteiger partial charge in [0.05, 0.1) is 19.3 Å². The standard InChI is InChI=1S/C11H20N2O2.ClH/c1-9-8-13(4-5-15-9)11(14)7-12-6-10-2-3-10;/h9-10,12H,2-8H2,1H3;1H. The lowest BCUT2D eigenvalue weighted by molar-refractivity contribution is -0.137. The molecule has 2 aliphatic rings. The number of carbonyl (C=O) groups excluding carboxylic acids is 1. The SMILES string of the molecule is CC1CN(C(=O)CNCC2CC2)CCO1.Cl. The number of carbonyl (C=O) groups is 1. The predicted octanol–water partition coefficient (Wildman–Crippen LogP) is 0.655. The second kappa shape index (κ2) is 6.42. The van der Waals surface area contributed by atoms with Gasteiger partial charge in [0, 0.05) is 13.1 Å². The molecule has 16 heavy (non-hydrogen) atoms. The molecule has 4 nitrogen and oxygen atoms in total. The summed E-state index contributed by atoms with van der Waals surface area (Å²) < 4.78 is 5.40. The summed E-state index contributed by atoms with van der Waals surface area (Å²) in [4.78, 5) is 13.7. The van der Waals surface area contributed by atoms with Crippen LogP contribution < -0.4 is 5.32 Å². The van der Waals surface area contributed by atoms with E-state index in [-0.39, 0.29) is 24.4 Å². The van der Waals surface area contributed by atoms with Gasteiger partial charge in [-0.15, -0.1) is 12.4 Å². The number of ether oxygens (including phenoxy) is 1. The molecule has 2 fully saturated rings. The van der Waals surface area contributed by atoms with E-state index in [1.807, 2.05) is 11.8 Å². The monoisotopic (exact) mass is 248 g/mol. The van der Waals surface area contributed by atoms with E-state index in [4.69, 9.17) is 4.74 Å². The van der Waals surface area contributed by atoms with Crippen LogP contribution in [0.15, 0.2) is 0 Å². The van der Waals surface area contributed by atoms with Gasteiger partial charge in [0.2, 0.25) is 5.91 Å². The number of nitrogens with zero attached hydrogens (tertiary/aromatic N) is 1. The van der Waals surface area contributed by atoms with Crippen molar-refractivity contribution in [1.29, 1.82) is 0 Å². The van der Waals surface area contributed by atoms with E-state index in [0.29, 0.717) is 13.2 Å². The summed E-state index contributed by atoms with van der Waals surface area (Å²) in [5.41, 5.74) is 0. The molecule has 1 aliphatic carbocycles. The summed E-state index contributed by atoms with van der Waals surface area (Å²) in [6.07, 6.45) is 2.84. The Kier molecular flexibility index (Phi) is 5.52. The van der Waals surface area contributed by atoms with Crippen molar-refractivity contribution in [2.75, 3.05) is 32.8 Å². The van der Waals surface area contributed by atoms with Gasteiger partial charge in [0.15, 0.2) is 0 Å². The van der Waals surface area contributed by atoms with Gasteiger partial charge in [-0.2, -0.15) is 0 Å². The fraction of sp³-hybridized carbons (Fsp3) is 0.909. The molecule has 0 bridgehead atoms. The third kappa shape index (κ3) is 4.28. The lowest BCUT2D eigenvalue weighted by Gasteiger charge is -2.31. The maximum Gasteiger partial charge on any atom is 0.236 e. The number of nitrogens with one attached hydrogen (secondary N) is 1. The van der Waals surface area contributed by atoms with Gasteiger partial charge in [-0.1, -0.05) is 0 Å². The first-order valence-electron chi connectivity index (χ1n) is 5.86. The number of amides is 1. The van der Waals surface area contributed by atoms with Gasteiger partial charge in [0.1, 0.15) is 0 Å². The minimum atomic E-state index is 0. The molecule has 1 atom stereocenters. The smallest absolute Gasteiger partial charge is 0.236 e. The third-order valence-corrected chi connectivity index (χ3v) is 3.00. The highest BCUT2D eigenvalue weighted by atomic mass is 35.5. The van der Waals surface area contributed by atoms with E-state index in [0.717, 1.165) is 25.6 Å². The van der Waals surface area contributed by atoms with Gasteiger partial charge >= 0.3 is 0 Å². The summed E-state index contributed by atoms with van der Waals surface area (Å²) in [6, 6.07) is 0. The molecule has 1 saturated heterocycles. The number of hydrogen-bond donors (Lipinski definition) is 1. The summed E-state index contributed by atoms with van der Waals surface area (Å²) in [5.74, 6) is 1.05. The van der Waals surface area contributed by atoms with Gasteiger partial charge in [-0.05, 0) is 32.2 Å². The number of rotatable bonds is 4. The second-order valence-electron chi connectivity index (χ2n) is 4.60. The predicted molar refractivity (Wildman–Crippen MR) is 64.8 cm³/mol. The number of halogens is 1. The molecule has 0 spiro atoms. The van der Waals surface area contributed by atoms with Gasteiger partial charge < -0.3 is 15.0 Å². The van der Waals surface area contributed by atoms with Crippen LogP contribution in [0.3, 0.4) is 0 Å². The molecule has 94 valence electrons. The van der Waals surface area contributed by atoms with Crippen molar-refractivity contribution in [2.24, 2.45) is 5.92 Å². The Bertz CT molecular complexity index is 234. The molecule has 1 N–H and O–H groups in total. The minimum Gasteiger partial charge on any atom is -0.375 e. The highest BCUT2D eigenvalue weighted by molar-refractivity contribution is 5.85. The molecule has 0 aromatic rings. The highest BCUT2D eigenvalue weighted by Crippen LogP contribution is 2.27. The molecule has 0 aromatic heterocycles. The third-order valence-electron chi connectivity index (χ3n) is 3.00. The van der Waals surface area contributed by atoms with Crippen LogP contribution in [0.5, 0.6) is 0 Å². The van der Waals surface area contributed by atoms with Crippen molar-refractivity contribution in [1.82, 2.24) is 10.2 Å². The number of hydrogen-bond acceptors (Lipinski definition) is 3. The van der Waals surface area contributed by atoms with Crippen molar-refractivity contribution in [3.8, 4) is 0 Å². The summed E-state index contributed by atoms with van der Waals surface area (Å²) in [6.45, 7) is 5.67. The average molecular weight is 249 g/mol. The molecular weight excluding hydrogens is 228 g/mol. The van der Waals surface area contributed by atoms with Crippen LogP contribution >= 0.6 is 12.4 Å². The molecular formula is C11H21ClN2O2. The van der Waals surface area contributed by atoms with E-state index < -0.39 is 0 Å². The Morgan fingerprint density at radius 2 is 2.25 bits per heavy atom. The van der Waals surface area contributed by atoms with Crippen molar-refractivity contribution in [2.45, 2.75) is 25.9 Å². The van der Waals surface area contributed by atoms with Crippen molar-refractivity contribution in [3.63, 3.8) is 0 Å². The number of morpholine rings is 1. The van der Waals surface area contributed by atoms with Crippen molar-refractivity contribution < 1.29 is 9.53 Å². The Balaban J connectivity index is 0.00000128. The van der Waals surface area contributed by atoms with Gasteiger partial charge in [-0.3, -0.25) is 4.79 Å². The maximum absolute atomic E-state index is 11.8. The van der Waals surface area contributed by atoms with E-state index in [1.54, 1.807) is 0 Å². The fourth-order valence-electron chi connectivity index (χ4n) is 1.86. The molecule has 1 amide bonds. The Labute approximate surface area is 103 Å². The largest absolute Gasteiger partial charge is 0.375 e. The molecule has 0 aromatic carbocycles. The Hall–Kier alpha value is -0.320. The zero-order valence-corrected chi connectivity index (χ0v) is 10.6. The van der Waals surface area contributed by atoms with Crippen molar-refractivity contribution >= 4 is 18.3 Å². The zero-order chi connectivity index (χ0) is 10.7. The average Bonchev–Trinajstić information content (AvgIpc) is 3.01. The van der Waals surface area contributed by atoms with Crippen LogP contribution in [0.2, 0.25) is 0 Å². The van der Waals surface area contributed by atoms with Crippen LogP contribution in [-0.4, -0.2) is 49.7 Å². The second-order valence-corrected chi connectivity index (χ2v) is 4.60. The summed E-state index contributed by atoms with van der Waals surface area (Å²) in [5, 5.41) is 3.23. The van der Waals surface area contributed by atoms with Gasteiger partial charge in [-0.25, -0.2) is 0 Å². The van der Waals surface area contributed by atoms with Crippen LogP contribution in [0, 0.1) is 5.92 Å². The normalized spacial score (nSPS) is 25.1. The first-order valence-corrected chi connectivity index (χ1v) is 5.86. The summed E-state index contributed by atoms with van der Waals surface area (Å²) >= 11 is 0. The minimum absolute atomic E-state index is 0. The fourth-order valence-corrected chi connectivity index (χ4v) is 1.86. The Morgan fingerprint density at radius 1 is 1.50 bits per heavy atom. The van der Waals surface area contributed by atoms with E-state index in [2.05, 4.69) is 5.32 Å². The maximum atomic E-state index is 11.8. The molecule has 2 rings (SSSR count). The molecule has 1 unspecified atom stereocenters. The van der Waals surface area contributed by atoms with Crippen LogP contribution in [0.25, 0.3) is 0 Å². The molecule has 5 heteroatoms. The molecule has 1 aliphatic heterocycles. The molecule has 1 heterocycles. The first kappa shape index (κ1) is 13.7. The lowest BCUT2D eigenvalue weighted by atomic mass is 10.3. The van der Waals surface area contributed by atoms with Crippen LogP contribution in [0.4, 0.5) is 0 Å².